The molecule has 1 aromatic rings. The van der Waals surface area contributed by atoms with E-state index in [9.17, 15) is 13.2 Å². The molecule has 0 aliphatic carbocycles. The number of amides is 1. The van der Waals surface area contributed by atoms with Gasteiger partial charge in [-0.3, -0.25) is 4.79 Å². The first-order valence-electron chi connectivity index (χ1n) is 7.11. The van der Waals surface area contributed by atoms with Crippen molar-refractivity contribution in [2.24, 2.45) is 0 Å². The third-order valence-electron chi connectivity index (χ3n) is 2.91. The number of rotatable bonds is 9. The van der Waals surface area contributed by atoms with Gasteiger partial charge in [-0.05, 0) is 20.3 Å². The number of sulfone groups is 1. The highest BCUT2D eigenvalue weighted by Crippen LogP contribution is 2.06. The summed E-state index contributed by atoms with van der Waals surface area (Å²) >= 11 is 0. The molecule has 0 aliphatic heterocycles. The highest BCUT2D eigenvalue weighted by molar-refractivity contribution is 7.91. The lowest BCUT2D eigenvalue weighted by atomic mass is 10.1. The van der Waals surface area contributed by atoms with Crippen LogP contribution in [0.15, 0.2) is 4.52 Å². The van der Waals surface area contributed by atoms with Crippen molar-refractivity contribution in [2.45, 2.75) is 58.2 Å². The summed E-state index contributed by atoms with van der Waals surface area (Å²) in [4.78, 5) is 15.6. The SMILES string of the molecule is CCCCCC(C)NC(=O)CS(=O)(=O)Cc1nc(C)no1. The molecule has 0 aliphatic rings. The summed E-state index contributed by atoms with van der Waals surface area (Å²) in [6.07, 6.45) is 4.09. The number of hydrogen-bond acceptors (Lipinski definition) is 6. The Kier molecular flexibility index (Phi) is 6.80. The van der Waals surface area contributed by atoms with E-state index >= 15 is 0 Å². The van der Waals surface area contributed by atoms with Crippen LogP contribution in [0.3, 0.4) is 0 Å². The fraction of sp³-hybridized carbons (Fsp3) is 0.769. The largest absolute Gasteiger partial charge is 0.353 e. The van der Waals surface area contributed by atoms with Crippen molar-refractivity contribution >= 4 is 15.7 Å². The van der Waals surface area contributed by atoms with E-state index in [1.807, 2.05) is 6.92 Å². The number of hydrogen-bond donors (Lipinski definition) is 1. The minimum Gasteiger partial charge on any atom is -0.353 e. The molecule has 1 heterocycles. The van der Waals surface area contributed by atoms with Crippen LogP contribution in [0.2, 0.25) is 0 Å². The number of nitrogens with one attached hydrogen (secondary N) is 1. The van der Waals surface area contributed by atoms with Gasteiger partial charge in [0.1, 0.15) is 11.5 Å². The molecule has 1 N–H and O–H groups in total. The molecule has 0 bridgehead atoms. The van der Waals surface area contributed by atoms with Gasteiger partial charge in [-0.2, -0.15) is 4.98 Å². The van der Waals surface area contributed by atoms with Crippen molar-refractivity contribution in [2.75, 3.05) is 5.75 Å². The van der Waals surface area contributed by atoms with Crippen LogP contribution >= 0.6 is 0 Å². The smallest absolute Gasteiger partial charge is 0.241 e. The number of aromatic nitrogens is 2. The molecule has 0 fully saturated rings. The molecule has 1 rings (SSSR count). The Morgan fingerprint density at radius 3 is 2.67 bits per heavy atom. The van der Waals surface area contributed by atoms with E-state index < -0.39 is 27.3 Å². The molecule has 21 heavy (non-hydrogen) atoms. The number of carbonyl (C=O) groups is 1. The standard InChI is InChI=1S/C13H23N3O4S/c1-4-5-6-7-10(2)14-12(17)8-21(18,19)9-13-15-11(3)16-20-13/h10H,4-9H2,1-3H3,(H,14,17). The van der Waals surface area contributed by atoms with Crippen LogP contribution in [0, 0.1) is 6.92 Å². The highest BCUT2D eigenvalue weighted by atomic mass is 32.2. The second kappa shape index (κ2) is 8.11. The van der Waals surface area contributed by atoms with Crippen LogP contribution in [0.4, 0.5) is 0 Å². The first-order valence-corrected chi connectivity index (χ1v) is 8.93. The highest BCUT2D eigenvalue weighted by Gasteiger charge is 2.21. The minimum absolute atomic E-state index is 0.0105. The molecule has 0 aromatic carbocycles. The van der Waals surface area contributed by atoms with Gasteiger partial charge in [-0.1, -0.05) is 31.3 Å². The molecule has 0 radical (unpaired) electrons. The normalized spacial score (nSPS) is 13.1. The minimum atomic E-state index is -3.60. The van der Waals surface area contributed by atoms with Gasteiger partial charge in [-0.25, -0.2) is 8.42 Å². The van der Waals surface area contributed by atoms with Crippen molar-refractivity contribution in [3.63, 3.8) is 0 Å². The Labute approximate surface area is 125 Å². The lowest BCUT2D eigenvalue weighted by Gasteiger charge is -2.13. The molecule has 1 unspecified atom stereocenters. The van der Waals surface area contributed by atoms with Gasteiger partial charge in [-0.15, -0.1) is 0 Å². The number of unbranched alkanes of at least 4 members (excludes halogenated alkanes) is 2. The van der Waals surface area contributed by atoms with E-state index in [-0.39, 0.29) is 11.9 Å². The third-order valence-corrected chi connectivity index (χ3v) is 4.30. The molecule has 8 heteroatoms. The third kappa shape index (κ3) is 7.22. The summed E-state index contributed by atoms with van der Waals surface area (Å²) in [5, 5.41) is 6.22. The zero-order chi connectivity index (χ0) is 15.9. The fourth-order valence-corrected chi connectivity index (χ4v) is 3.01. The summed E-state index contributed by atoms with van der Waals surface area (Å²) < 4.78 is 28.5. The van der Waals surface area contributed by atoms with Crippen LogP contribution in [-0.4, -0.2) is 36.3 Å². The first-order chi connectivity index (χ1) is 9.82. The average Bonchev–Trinajstić information content (AvgIpc) is 2.72. The molecule has 1 amide bonds. The molecule has 120 valence electrons. The van der Waals surface area contributed by atoms with Crippen LogP contribution < -0.4 is 5.32 Å². The lowest BCUT2D eigenvalue weighted by molar-refractivity contribution is -0.119. The lowest BCUT2D eigenvalue weighted by Crippen LogP contribution is -2.37. The predicted octanol–water partition coefficient (Wildman–Crippen LogP) is 1.38. The van der Waals surface area contributed by atoms with Crippen molar-refractivity contribution < 1.29 is 17.7 Å². The summed E-state index contributed by atoms with van der Waals surface area (Å²) in [6, 6.07) is -0.0232. The van der Waals surface area contributed by atoms with Gasteiger partial charge in [0.2, 0.25) is 11.8 Å². The van der Waals surface area contributed by atoms with E-state index in [1.165, 1.54) is 0 Å². The van der Waals surface area contributed by atoms with Gasteiger partial charge in [0.15, 0.2) is 15.7 Å². The molecule has 7 nitrogen and oxygen atoms in total. The first kappa shape index (κ1) is 17.6. The van der Waals surface area contributed by atoms with E-state index in [4.69, 9.17) is 4.52 Å². The predicted molar refractivity (Wildman–Crippen MR) is 78.3 cm³/mol. The van der Waals surface area contributed by atoms with Gasteiger partial charge < -0.3 is 9.84 Å². The Balaban J connectivity index is 2.41. The molecule has 1 atom stereocenters. The average molecular weight is 317 g/mol. The number of nitrogens with zero attached hydrogens (tertiary/aromatic N) is 2. The van der Waals surface area contributed by atoms with E-state index in [1.54, 1.807) is 6.92 Å². The van der Waals surface area contributed by atoms with Crippen molar-refractivity contribution in [1.29, 1.82) is 0 Å². The summed E-state index contributed by atoms with van der Waals surface area (Å²) in [6.45, 7) is 5.58. The molecule has 0 saturated heterocycles. The summed E-state index contributed by atoms with van der Waals surface area (Å²) in [5.41, 5.74) is 0. The zero-order valence-electron chi connectivity index (χ0n) is 12.8. The Morgan fingerprint density at radius 1 is 1.38 bits per heavy atom. The Morgan fingerprint density at radius 2 is 2.10 bits per heavy atom. The van der Waals surface area contributed by atoms with Crippen LogP contribution in [0.5, 0.6) is 0 Å². The molecule has 1 aromatic heterocycles. The summed E-state index contributed by atoms with van der Waals surface area (Å²) in [7, 11) is -3.60. The fourth-order valence-electron chi connectivity index (χ4n) is 1.93. The van der Waals surface area contributed by atoms with Crippen molar-refractivity contribution in [3.05, 3.63) is 11.7 Å². The maximum Gasteiger partial charge on any atom is 0.241 e. The Bertz CT molecular complexity index is 554. The second-order valence-electron chi connectivity index (χ2n) is 5.23. The van der Waals surface area contributed by atoms with Gasteiger partial charge in [0.05, 0.1) is 0 Å². The van der Waals surface area contributed by atoms with E-state index in [0.717, 1.165) is 25.7 Å². The topological polar surface area (TPSA) is 102 Å². The molecule has 0 spiro atoms. The number of carbonyl (C=O) groups excluding carboxylic acids is 1. The molecular weight excluding hydrogens is 294 g/mol. The second-order valence-corrected chi connectivity index (χ2v) is 7.30. The zero-order valence-corrected chi connectivity index (χ0v) is 13.6. The maximum atomic E-state index is 11.9. The Hall–Kier alpha value is -1.44. The van der Waals surface area contributed by atoms with Gasteiger partial charge in [0.25, 0.3) is 0 Å². The van der Waals surface area contributed by atoms with Gasteiger partial charge in [0, 0.05) is 6.04 Å². The van der Waals surface area contributed by atoms with Crippen LogP contribution in [0.25, 0.3) is 0 Å². The molecule has 0 saturated carbocycles. The maximum absolute atomic E-state index is 11.9. The summed E-state index contributed by atoms with van der Waals surface area (Å²) in [5.74, 6) is -1.08. The monoisotopic (exact) mass is 317 g/mol. The van der Waals surface area contributed by atoms with Gasteiger partial charge >= 0.3 is 0 Å². The van der Waals surface area contributed by atoms with Crippen molar-refractivity contribution in [1.82, 2.24) is 15.5 Å². The van der Waals surface area contributed by atoms with E-state index in [2.05, 4.69) is 22.4 Å². The van der Waals surface area contributed by atoms with Crippen LogP contribution in [0.1, 0.15) is 51.2 Å². The number of aryl methyl sites for hydroxylation is 1. The molecular formula is C13H23N3O4S. The quantitative estimate of drug-likeness (QED) is 0.690. The van der Waals surface area contributed by atoms with Crippen molar-refractivity contribution in [3.8, 4) is 0 Å². The van der Waals surface area contributed by atoms with E-state index in [0.29, 0.717) is 5.82 Å². The van der Waals surface area contributed by atoms with Crippen LogP contribution in [-0.2, 0) is 20.4 Å².